The molecule has 1 fully saturated rings. The number of aromatic nitrogens is 3. The summed E-state index contributed by atoms with van der Waals surface area (Å²) in [6.45, 7) is 10.4. The summed E-state index contributed by atoms with van der Waals surface area (Å²) >= 11 is 0. The third-order valence-electron chi connectivity index (χ3n) is 3.16. The average Bonchev–Trinajstić information content (AvgIpc) is 2.26. The number of nitrogen functional groups attached to an aromatic ring is 1. The molecular formula is C13H24N6. The van der Waals surface area contributed by atoms with Gasteiger partial charge >= 0.3 is 0 Å². The summed E-state index contributed by atoms with van der Waals surface area (Å²) in [4.78, 5) is 17.6. The monoisotopic (exact) mass is 264 g/mol. The van der Waals surface area contributed by atoms with E-state index in [1.165, 1.54) is 0 Å². The lowest BCUT2D eigenvalue weighted by Gasteiger charge is -2.32. The molecule has 6 nitrogen and oxygen atoms in total. The molecule has 6 heteroatoms. The predicted molar refractivity (Wildman–Crippen MR) is 77.1 cm³/mol. The number of likely N-dealkylation sites (N-methyl/N-ethyl adjacent to an activating group) is 1. The molecule has 1 saturated heterocycles. The molecule has 0 unspecified atom stereocenters. The summed E-state index contributed by atoms with van der Waals surface area (Å²) in [5.74, 6) is 1.83. The zero-order valence-corrected chi connectivity index (χ0v) is 12.3. The zero-order valence-electron chi connectivity index (χ0n) is 12.3. The Morgan fingerprint density at radius 3 is 2.26 bits per heavy atom. The summed E-state index contributed by atoms with van der Waals surface area (Å²) in [7, 11) is 2.13. The van der Waals surface area contributed by atoms with Gasteiger partial charge < -0.3 is 15.5 Å². The fourth-order valence-corrected chi connectivity index (χ4v) is 2.13. The highest BCUT2D eigenvalue weighted by Crippen LogP contribution is 2.20. The Morgan fingerprint density at radius 1 is 1.05 bits per heavy atom. The quantitative estimate of drug-likeness (QED) is 0.851. The molecule has 0 radical (unpaired) electrons. The van der Waals surface area contributed by atoms with E-state index in [9.17, 15) is 0 Å². The molecule has 1 aliphatic heterocycles. The number of rotatable bonds is 2. The molecule has 2 N–H and O–H groups in total. The summed E-state index contributed by atoms with van der Waals surface area (Å²) in [5, 5.41) is 0. The molecule has 2 heterocycles. The fraction of sp³-hybridized carbons (Fsp3) is 0.769. The van der Waals surface area contributed by atoms with Crippen LogP contribution in [0.3, 0.4) is 0 Å². The van der Waals surface area contributed by atoms with Gasteiger partial charge in [-0.05, 0) is 12.5 Å². The van der Waals surface area contributed by atoms with Crippen molar-refractivity contribution in [1.29, 1.82) is 0 Å². The molecule has 0 bridgehead atoms. The van der Waals surface area contributed by atoms with E-state index in [4.69, 9.17) is 5.73 Å². The molecule has 0 aliphatic carbocycles. The minimum atomic E-state index is 0.146. The van der Waals surface area contributed by atoms with Crippen LogP contribution in [0.5, 0.6) is 0 Å². The fourth-order valence-electron chi connectivity index (χ4n) is 2.13. The Labute approximate surface area is 115 Å². The Morgan fingerprint density at radius 2 is 1.68 bits per heavy atom. The first-order chi connectivity index (χ1) is 8.83. The average molecular weight is 264 g/mol. The van der Waals surface area contributed by atoms with E-state index in [1.54, 1.807) is 0 Å². The lowest BCUT2D eigenvalue weighted by molar-refractivity contribution is 0.310. The van der Waals surface area contributed by atoms with Crippen molar-refractivity contribution in [2.45, 2.75) is 27.2 Å². The van der Waals surface area contributed by atoms with E-state index in [-0.39, 0.29) is 5.41 Å². The first-order valence-electron chi connectivity index (χ1n) is 6.77. The molecule has 0 saturated carbocycles. The van der Waals surface area contributed by atoms with Gasteiger partial charge in [-0.1, -0.05) is 20.8 Å². The van der Waals surface area contributed by atoms with E-state index in [2.05, 4.69) is 52.6 Å². The smallest absolute Gasteiger partial charge is 0.230 e. The number of hydrogen-bond acceptors (Lipinski definition) is 6. The second kappa shape index (κ2) is 5.28. The lowest BCUT2D eigenvalue weighted by Crippen LogP contribution is -2.45. The van der Waals surface area contributed by atoms with Gasteiger partial charge in [0.1, 0.15) is 5.82 Å². The Kier molecular flexibility index (Phi) is 3.89. The van der Waals surface area contributed by atoms with Gasteiger partial charge in [0.05, 0.1) is 0 Å². The van der Waals surface area contributed by atoms with Crippen LogP contribution in [0.25, 0.3) is 0 Å². The molecule has 0 aromatic carbocycles. The van der Waals surface area contributed by atoms with E-state index in [0.717, 1.165) is 44.4 Å². The topological polar surface area (TPSA) is 71.2 Å². The van der Waals surface area contributed by atoms with Gasteiger partial charge in [-0.15, -0.1) is 0 Å². The third-order valence-corrected chi connectivity index (χ3v) is 3.16. The molecule has 1 aliphatic rings. The van der Waals surface area contributed by atoms with Crippen molar-refractivity contribution in [3.05, 3.63) is 5.82 Å². The lowest BCUT2D eigenvalue weighted by atomic mass is 9.92. The summed E-state index contributed by atoms with van der Waals surface area (Å²) in [5.41, 5.74) is 5.96. The van der Waals surface area contributed by atoms with Gasteiger partial charge in [0.2, 0.25) is 11.9 Å². The number of piperazine rings is 1. The SMILES string of the molecule is CN1CCN(c2nc(N)nc(CC(C)(C)C)n2)CC1. The predicted octanol–water partition coefficient (Wildman–Crippen LogP) is 0.794. The first kappa shape index (κ1) is 14.0. The molecular weight excluding hydrogens is 240 g/mol. The van der Waals surface area contributed by atoms with Crippen LogP contribution in [0.4, 0.5) is 11.9 Å². The van der Waals surface area contributed by atoms with Crippen molar-refractivity contribution in [3.63, 3.8) is 0 Å². The van der Waals surface area contributed by atoms with E-state index in [1.807, 2.05) is 0 Å². The first-order valence-corrected chi connectivity index (χ1v) is 6.77. The maximum absolute atomic E-state index is 5.81. The molecule has 1 aromatic heterocycles. The number of nitrogens with two attached hydrogens (primary N) is 1. The van der Waals surface area contributed by atoms with Crippen molar-refractivity contribution in [3.8, 4) is 0 Å². The van der Waals surface area contributed by atoms with Crippen molar-refractivity contribution in [2.75, 3.05) is 43.9 Å². The maximum atomic E-state index is 5.81. The highest BCUT2D eigenvalue weighted by atomic mass is 15.3. The van der Waals surface area contributed by atoms with E-state index >= 15 is 0 Å². The van der Waals surface area contributed by atoms with E-state index < -0.39 is 0 Å². The summed E-state index contributed by atoms with van der Waals surface area (Å²) in [6.07, 6.45) is 0.806. The van der Waals surface area contributed by atoms with Crippen LogP contribution in [-0.4, -0.2) is 53.1 Å². The summed E-state index contributed by atoms with van der Waals surface area (Å²) in [6, 6.07) is 0. The van der Waals surface area contributed by atoms with Crippen LogP contribution in [0.15, 0.2) is 0 Å². The third kappa shape index (κ3) is 4.02. The van der Waals surface area contributed by atoms with Crippen LogP contribution >= 0.6 is 0 Å². The van der Waals surface area contributed by atoms with Crippen LogP contribution in [0, 0.1) is 5.41 Å². The van der Waals surface area contributed by atoms with Crippen LogP contribution in [0.1, 0.15) is 26.6 Å². The number of anilines is 2. The van der Waals surface area contributed by atoms with Gasteiger partial charge in [0, 0.05) is 32.6 Å². The molecule has 106 valence electrons. The van der Waals surface area contributed by atoms with Gasteiger partial charge in [-0.25, -0.2) is 0 Å². The van der Waals surface area contributed by atoms with Crippen molar-refractivity contribution >= 4 is 11.9 Å². The largest absolute Gasteiger partial charge is 0.368 e. The van der Waals surface area contributed by atoms with Gasteiger partial charge in [-0.3, -0.25) is 0 Å². The molecule has 0 atom stereocenters. The normalized spacial score (nSPS) is 17.8. The summed E-state index contributed by atoms with van der Waals surface area (Å²) < 4.78 is 0. The molecule has 19 heavy (non-hydrogen) atoms. The minimum absolute atomic E-state index is 0.146. The Bertz CT molecular complexity index is 431. The van der Waals surface area contributed by atoms with Gasteiger partial charge in [-0.2, -0.15) is 15.0 Å². The zero-order chi connectivity index (χ0) is 14.0. The number of hydrogen-bond donors (Lipinski definition) is 1. The van der Waals surface area contributed by atoms with Crippen LogP contribution < -0.4 is 10.6 Å². The molecule has 0 spiro atoms. The standard InChI is InChI=1S/C13H24N6/c1-13(2,3)9-10-15-11(14)17-12(16-10)19-7-5-18(4)6-8-19/h5-9H2,1-4H3,(H2,14,15,16,17). The maximum Gasteiger partial charge on any atom is 0.230 e. The number of nitrogens with zero attached hydrogens (tertiary/aromatic N) is 5. The highest BCUT2D eigenvalue weighted by molar-refractivity contribution is 5.35. The van der Waals surface area contributed by atoms with Crippen molar-refractivity contribution in [1.82, 2.24) is 19.9 Å². The van der Waals surface area contributed by atoms with Crippen LogP contribution in [0.2, 0.25) is 0 Å². The highest BCUT2D eigenvalue weighted by Gasteiger charge is 2.20. The van der Waals surface area contributed by atoms with E-state index in [0.29, 0.717) is 5.95 Å². The molecule has 0 amide bonds. The van der Waals surface area contributed by atoms with Gasteiger partial charge in [0.25, 0.3) is 0 Å². The second-order valence-corrected chi connectivity index (χ2v) is 6.44. The molecule has 1 aromatic rings. The minimum Gasteiger partial charge on any atom is -0.368 e. The Hall–Kier alpha value is -1.43. The van der Waals surface area contributed by atoms with Crippen LogP contribution in [-0.2, 0) is 6.42 Å². The van der Waals surface area contributed by atoms with Gasteiger partial charge in [0.15, 0.2) is 0 Å². The second-order valence-electron chi connectivity index (χ2n) is 6.44. The Balaban J connectivity index is 2.17. The van der Waals surface area contributed by atoms with Crippen molar-refractivity contribution < 1.29 is 0 Å². The molecule has 2 rings (SSSR count). The van der Waals surface area contributed by atoms with Crippen molar-refractivity contribution in [2.24, 2.45) is 5.41 Å².